The van der Waals surface area contributed by atoms with Crippen molar-refractivity contribution in [2.45, 2.75) is 52.0 Å². The maximum atomic E-state index is 12.4. The van der Waals surface area contributed by atoms with E-state index in [2.05, 4.69) is 23.3 Å². The third-order valence-corrected chi connectivity index (χ3v) is 4.16. The van der Waals surface area contributed by atoms with E-state index >= 15 is 0 Å². The molecule has 1 aromatic rings. The van der Waals surface area contributed by atoms with Crippen LogP contribution in [0.1, 0.15) is 54.4 Å². The van der Waals surface area contributed by atoms with Gasteiger partial charge in [-0.25, -0.2) is 0 Å². The van der Waals surface area contributed by atoms with Gasteiger partial charge in [0.05, 0.1) is 17.3 Å². The summed E-state index contributed by atoms with van der Waals surface area (Å²) in [7, 11) is 0. The number of carbonyl (C=O) groups is 1. The van der Waals surface area contributed by atoms with E-state index in [1.54, 1.807) is 6.07 Å². The zero-order chi connectivity index (χ0) is 14.8. The highest BCUT2D eigenvalue weighted by Gasteiger charge is 2.36. The number of rotatable bonds is 2. The summed E-state index contributed by atoms with van der Waals surface area (Å²) >= 11 is 0. The predicted octanol–water partition coefficient (Wildman–Crippen LogP) is 2.90. The second-order valence-electron chi connectivity index (χ2n) is 5.92. The maximum absolute atomic E-state index is 12.4. The SMILES string of the molecule is Cc1ccc(C(=O)NC2(C#N)CCC(C)CC2)c(C)n1. The van der Waals surface area contributed by atoms with E-state index in [1.165, 1.54) is 0 Å². The molecule has 0 aliphatic heterocycles. The highest BCUT2D eigenvalue weighted by molar-refractivity contribution is 5.95. The normalized spacial score (nSPS) is 25.8. The third kappa shape index (κ3) is 2.98. The van der Waals surface area contributed by atoms with Crippen LogP contribution in [0.25, 0.3) is 0 Å². The van der Waals surface area contributed by atoms with Crippen molar-refractivity contribution in [1.82, 2.24) is 10.3 Å². The lowest BCUT2D eigenvalue weighted by atomic mass is 9.78. The van der Waals surface area contributed by atoms with Crippen LogP contribution >= 0.6 is 0 Å². The average Bonchev–Trinajstić information content (AvgIpc) is 2.41. The highest BCUT2D eigenvalue weighted by Crippen LogP contribution is 2.31. The van der Waals surface area contributed by atoms with Gasteiger partial charge in [0.15, 0.2) is 0 Å². The van der Waals surface area contributed by atoms with Crippen LogP contribution in [0.4, 0.5) is 0 Å². The first-order valence-corrected chi connectivity index (χ1v) is 7.14. The Labute approximate surface area is 120 Å². The molecule has 0 aromatic carbocycles. The molecule has 0 unspecified atom stereocenters. The van der Waals surface area contributed by atoms with Gasteiger partial charge in [0.1, 0.15) is 5.54 Å². The average molecular weight is 271 g/mol. The molecular formula is C16H21N3O. The van der Waals surface area contributed by atoms with Crippen LogP contribution in [-0.2, 0) is 0 Å². The van der Waals surface area contributed by atoms with Crippen LogP contribution in [0.15, 0.2) is 12.1 Å². The van der Waals surface area contributed by atoms with Crippen LogP contribution < -0.4 is 5.32 Å². The Morgan fingerprint density at radius 1 is 1.40 bits per heavy atom. The fourth-order valence-corrected chi connectivity index (χ4v) is 2.73. The fourth-order valence-electron chi connectivity index (χ4n) is 2.73. The quantitative estimate of drug-likeness (QED) is 0.899. The van der Waals surface area contributed by atoms with Crippen molar-refractivity contribution in [2.24, 2.45) is 5.92 Å². The summed E-state index contributed by atoms with van der Waals surface area (Å²) in [6.07, 6.45) is 3.43. The minimum absolute atomic E-state index is 0.189. The number of aryl methyl sites for hydroxylation is 2. The summed E-state index contributed by atoms with van der Waals surface area (Å²) in [5.74, 6) is 0.447. The van der Waals surface area contributed by atoms with E-state index in [4.69, 9.17) is 0 Å². The smallest absolute Gasteiger partial charge is 0.254 e. The Hall–Kier alpha value is -1.89. The molecule has 1 amide bonds. The number of hydrogen-bond donors (Lipinski definition) is 1. The monoisotopic (exact) mass is 271 g/mol. The van der Waals surface area contributed by atoms with Crippen molar-refractivity contribution < 1.29 is 4.79 Å². The summed E-state index contributed by atoms with van der Waals surface area (Å²) < 4.78 is 0. The molecule has 0 saturated heterocycles. The van der Waals surface area contributed by atoms with Crippen molar-refractivity contribution in [2.75, 3.05) is 0 Å². The van der Waals surface area contributed by atoms with E-state index in [0.29, 0.717) is 17.2 Å². The molecule has 4 nitrogen and oxygen atoms in total. The maximum Gasteiger partial charge on any atom is 0.254 e. The van der Waals surface area contributed by atoms with Gasteiger partial charge in [0.25, 0.3) is 5.91 Å². The molecule has 0 bridgehead atoms. The Bertz CT molecular complexity index is 551. The molecule has 1 saturated carbocycles. The summed E-state index contributed by atoms with van der Waals surface area (Å²) in [5.41, 5.74) is 1.45. The second kappa shape index (κ2) is 5.62. The van der Waals surface area contributed by atoms with Gasteiger partial charge in [-0.2, -0.15) is 5.26 Å². The van der Waals surface area contributed by atoms with E-state index in [9.17, 15) is 10.1 Å². The largest absolute Gasteiger partial charge is 0.334 e. The van der Waals surface area contributed by atoms with Crippen LogP contribution in [0.3, 0.4) is 0 Å². The molecule has 1 aliphatic carbocycles. The number of nitrogens with one attached hydrogen (secondary N) is 1. The zero-order valence-corrected chi connectivity index (χ0v) is 12.4. The molecule has 20 heavy (non-hydrogen) atoms. The molecule has 0 radical (unpaired) electrons. The Balaban J connectivity index is 2.16. The van der Waals surface area contributed by atoms with E-state index < -0.39 is 5.54 Å². The summed E-state index contributed by atoms with van der Waals surface area (Å²) in [6, 6.07) is 5.92. The fraction of sp³-hybridized carbons (Fsp3) is 0.562. The van der Waals surface area contributed by atoms with Gasteiger partial charge in [0.2, 0.25) is 0 Å². The van der Waals surface area contributed by atoms with E-state index in [-0.39, 0.29) is 5.91 Å². The van der Waals surface area contributed by atoms with Crippen molar-refractivity contribution in [3.8, 4) is 6.07 Å². The Morgan fingerprint density at radius 2 is 2.05 bits per heavy atom. The first-order valence-electron chi connectivity index (χ1n) is 7.14. The summed E-state index contributed by atoms with van der Waals surface area (Å²) in [4.78, 5) is 16.7. The zero-order valence-electron chi connectivity index (χ0n) is 12.4. The Morgan fingerprint density at radius 3 is 2.60 bits per heavy atom. The first-order chi connectivity index (χ1) is 9.46. The second-order valence-corrected chi connectivity index (χ2v) is 5.92. The van der Waals surface area contributed by atoms with Crippen molar-refractivity contribution >= 4 is 5.91 Å². The number of amides is 1. The minimum Gasteiger partial charge on any atom is -0.334 e. The van der Waals surface area contributed by atoms with Crippen LogP contribution in [0.5, 0.6) is 0 Å². The molecule has 1 heterocycles. The lowest BCUT2D eigenvalue weighted by Crippen LogP contribution is -2.49. The van der Waals surface area contributed by atoms with Gasteiger partial charge < -0.3 is 5.32 Å². The van der Waals surface area contributed by atoms with Gasteiger partial charge in [-0.3, -0.25) is 9.78 Å². The number of pyridine rings is 1. The lowest BCUT2D eigenvalue weighted by Gasteiger charge is -2.34. The third-order valence-electron chi connectivity index (χ3n) is 4.16. The van der Waals surface area contributed by atoms with E-state index in [0.717, 1.165) is 31.4 Å². The van der Waals surface area contributed by atoms with Crippen LogP contribution in [-0.4, -0.2) is 16.4 Å². The minimum atomic E-state index is -0.707. The molecule has 1 aliphatic rings. The van der Waals surface area contributed by atoms with Crippen LogP contribution in [0.2, 0.25) is 0 Å². The molecule has 1 fully saturated rings. The molecular weight excluding hydrogens is 250 g/mol. The lowest BCUT2D eigenvalue weighted by molar-refractivity contribution is 0.0893. The molecule has 4 heteroatoms. The van der Waals surface area contributed by atoms with E-state index in [1.807, 2.05) is 19.9 Å². The van der Waals surface area contributed by atoms with Gasteiger partial charge in [-0.05, 0) is 57.6 Å². The molecule has 1 N–H and O–H groups in total. The molecule has 106 valence electrons. The van der Waals surface area contributed by atoms with Gasteiger partial charge in [0, 0.05) is 5.69 Å². The predicted molar refractivity (Wildman–Crippen MR) is 77.2 cm³/mol. The molecule has 0 spiro atoms. The number of nitrogens with zero attached hydrogens (tertiary/aromatic N) is 2. The van der Waals surface area contributed by atoms with Gasteiger partial charge >= 0.3 is 0 Å². The topological polar surface area (TPSA) is 65.8 Å². The number of nitriles is 1. The van der Waals surface area contributed by atoms with Crippen molar-refractivity contribution in [3.05, 3.63) is 29.1 Å². The number of aromatic nitrogens is 1. The van der Waals surface area contributed by atoms with Crippen molar-refractivity contribution in [1.29, 1.82) is 5.26 Å². The van der Waals surface area contributed by atoms with Gasteiger partial charge in [-0.1, -0.05) is 6.92 Å². The highest BCUT2D eigenvalue weighted by atomic mass is 16.1. The first kappa shape index (κ1) is 14.5. The van der Waals surface area contributed by atoms with Gasteiger partial charge in [-0.15, -0.1) is 0 Å². The number of carbonyl (C=O) groups excluding carboxylic acids is 1. The number of hydrogen-bond acceptors (Lipinski definition) is 3. The van der Waals surface area contributed by atoms with Crippen LogP contribution in [0, 0.1) is 31.1 Å². The molecule has 0 atom stereocenters. The van der Waals surface area contributed by atoms with Crippen molar-refractivity contribution in [3.63, 3.8) is 0 Å². The standard InChI is InChI=1S/C16H21N3O/c1-11-6-8-16(10-17,9-7-11)19-15(20)14-5-4-12(2)18-13(14)3/h4-5,11H,6-9H2,1-3H3,(H,19,20). The summed E-state index contributed by atoms with van der Waals surface area (Å²) in [6.45, 7) is 5.91. The molecule has 1 aromatic heterocycles. The summed E-state index contributed by atoms with van der Waals surface area (Å²) in [5, 5.41) is 12.4. The molecule has 2 rings (SSSR count). The Kier molecular flexibility index (Phi) is 4.08.